The average Bonchev–Trinajstić information content (AvgIpc) is 2.49. The molecule has 0 aliphatic rings. The quantitative estimate of drug-likeness (QED) is 0.489. The van der Waals surface area contributed by atoms with Crippen molar-refractivity contribution in [3.63, 3.8) is 0 Å². The number of hydrogen-bond acceptors (Lipinski definition) is 3. The molecule has 21 heavy (non-hydrogen) atoms. The molecule has 2 N–H and O–H groups in total. The van der Waals surface area contributed by atoms with Crippen molar-refractivity contribution in [3.05, 3.63) is 16.7 Å². The van der Waals surface area contributed by atoms with Crippen molar-refractivity contribution in [2.24, 2.45) is 0 Å². The van der Waals surface area contributed by atoms with Gasteiger partial charge in [-0.05, 0) is 43.9 Å². The smallest absolute Gasteiger partial charge is 0.201 e. The Kier molecular flexibility index (Phi) is 7.41. The molecule has 1 aromatic carbocycles. The lowest BCUT2D eigenvalue weighted by Gasteiger charge is -2.16. The van der Waals surface area contributed by atoms with Crippen LogP contribution in [0.1, 0.15) is 68.6 Å². The first kappa shape index (κ1) is 17.7. The van der Waals surface area contributed by atoms with Gasteiger partial charge in [0, 0.05) is 0 Å². The van der Waals surface area contributed by atoms with Crippen molar-refractivity contribution in [1.82, 2.24) is 0 Å². The number of phenolic OH excluding ortho intramolecular Hbond substituents is 2. The SMILES string of the molecule is CCCCCCCCCOc1c(C)c(C)c(C)c(O)c1O. The van der Waals surface area contributed by atoms with Crippen molar-refractivity contribution >= 4 is 0 Å². The van der Waals surface area contributed by atoms with Crippen LogP contribution in [0.25, 0.3) is 0 Å². The molecule has 1 aromatic rings. The maximum atomic E-state index is 10.0. The van der Waals surface area contributed by atoms with Gasteiger partial charge in [0.25, 0.3) is 0 Å². The molecule has 1 rings (SSSR count). The molecular formula is C18H30O3. The van der Waals surface area contributed by atoms with Crippen LogP contribution in [-0.2, 0) is 0 Å². The molecule has 0 saturated carbocycles. The Labute approximate surface area is 129 Å². The summed E-state index contributed by atoms with van der Waals surface area (Å²) in [5.41, 5.74) is 2.60. The summed E-state index contributed by atoms with van der Waals surface area (Å²) >= 11 is 0. The largest absolute Gasteiger partial charge is 0.504 e. The number of aromatic hydroxyl groups is 2. The third-order valence-electron chi connectivity index (χ3n) is 4.25. The highest BCUT2D eigenvalue weighted by Crippen LogP contribution is 2.43. The number of rotatable bonds is 9. The molecule has 0 heterocycles. The predicted octanol–water partition coefficient (Wildman–Crippen LogP) is 5.15. The summed E-state index contributed by atoms with van der Waals surface area (Å²) in [7, 11) is 0. The second-order valence-corrected chi connectivity index (χ2v) is 5.87. The number of phenols is 2. The van der Waals surface area contributed by atoms with E-state index in [1.165, 1.54) is 32.1 Å². The monoisotopic (exact) mass is 294 g/mol. The minimum atomic E-state index is -0.126. The lowest BCUT2D eigenvalue weighted by molar-refractivity contribution is 0.280. The molecule has 3 heteroatoms. The minimum absolute atomic E-state index is 0.0623. The van der Waals surface area contributed by atoms with Gasteiger partial charge in [-0.3, -0.25) is 0 Å². The van der Waals surface area contributed by atoms with Crippen LogP contribution in [0.5, 0.6) is 17.2 Å². The van der Waals surface area contributed by atoms with E-state index in [2.05, 4.69) is 6.92 Å². The first-order valence-corrected chi connectivity index (χ1v) is 8.15. The van der Waals surface area contributed by atoms with Gasteiger partial charge < -0.3 is 14.9 Å². The van der Waals surface area contributed by atoms with E-state index in [-0.39, 0.29) is 11.5 Å². The standard InChI is InChI=1S/C18H30O3/c1-5-6-7-8-9-10-11-12-21-18-15(4)13(2)14(3)16(19)17(18)20/h19-20H,5-12H2,1-4H3. The fourth-order valence-corrected chi connectivity index (χ4v) is 2.50. The number of benzene rings is 1. The van der Waals surface area contributed by atoms with Crippen LogP contribution in [0.3, 0.4) is 0 Å². The van der Waals surface area contributed by atoms with E-state index in [1.54, 1.807) is 6.92 Å². The van der Waals surface area contributed by atoms with Crippen molar-refractivity contribution in [2.75, 3.05) is 6.61 Å². The first-order valence-electron chi connectivity index (χ1n) is 8.15. The zero-order valence-electron chi connectivity index (χ0n) is 14.0. The lowest BCUT2D eigenvalue weighted by Crippen LogP contribution is -2.01. The van der Waals surface area contributed by atoms with Gasteiger partial charge in [-0.15, -0.1) is 0 Å². The number of hydrogen-bond donors (Lipinski definition) is 2. The zero-order valence-corrected chi connectivity index (χ0v) is 14.0. The van der Waals surface area contributed by atoms with Gasteiger partial charge in [0.2, 0.25) is 5.75 Å². The van der Waals surface area contributed by atoms with Gasteiger partial charge in [0.1, 0.15) is 0 Å². The van der Waals surface area contributed by atoms with Crippen LogP contribution < -0.4 is 4.74 Å². The summed E-state index contributed by atoms with van der Waals surface area (Å²) in [6.45, 7) is 8.47. The van der Waals surface area contributed by atoms with E-state index in [9.17, 15) is 10.2 Å². The summed E-state index contributed by atoms with van der Waals surface area (Å²) in [5, 5.41) is 19.9. The summed E-state index contributed by atoms with van der Waals surface area (Å²) in [4.78, 5) is 0. The summed E-state index contributed by atoms with van der Waals surface area (Å²) < 4.78 is 5.70. The Balaban J connectivity index is 2.43. The van der Waals surface area contributed by atoms with Gasteiger partial charge in [-0.25, -0.2) is 0 Å². The maximum Gasteiger partial charge on any atom is 0.201 e. The Morgan fingerprint density at radius 1 is 0.714 bits per heavy atom. The van der Waals surface area contributed by atoms with Crippen molar-refractivity contribution < 1.29 is 14.9 Å². The second-order valence-electron chi connectivity index (χ2n) is 5.87. The number of unbranched alkanes of at least 4 members (excludes halogenated alkanes) is 6. The minimum Gasteiger partial charge on any atom is -0.504 e. The van der Waals surface area contributed by atoms with Crippen LogP contribution in [0, 0.1) is 20.8 Å². The van der Waals surface area contributed by atoms with Crippen molar-refractivity contribution in [1.29, 1.82) is 0 Å². The normalized spacial score (nSPS) is 10.9. The van der Waals surface area contributed by atoms with Crippen LogP contribution in [-0.4, -0.2) is 16.8 Å². The molecule has 120 valence electrons. The Morgan fingerprint density at radius 3 is 1.90 bits per heavy atom. The highest BCUT2D eigenvalue weighted by molar-refractivity contribution is 5.61. The first-order chi connectivity index (χ1) is 10.0. The van der Waals surface area contributed by atoms with Gasteiger partial charge in [0.15, 0.2) is 11.5 Å². The molecule has 0 amide bonds. The van der Waals surface area contributed by atoms with Gasteiger partial charge in [0.05, 0.1) is 6.61 Å². The summed E-state index contributed by atoms with van der Waals surface area (Å²) in [5.74, 6) is 0.243. The lowest BCUT2D eigenvalue weighted by atomic mass is 10.0. The zero-order chi connectivity index (χ0) is 15.8. The van der Waals surface area contributed by atoms with Gasteiger partial charge >= 0.3 is 0 Å². The summed E-state index contributed by atoms with van der Waals surface area (Å²) in [6, 6.07) is 0. The Hall–Kier alpha value is -1.38. The third-order valence-corrected chi connectivity index (χ3v) is 4.25. The highest BCUT2D eigenvalue weighted by atomic mass is 16.5. The molecule has 0 spiro atoms. The summed E-state index contributed by atoms with van der Waals surface area (Å²) in [6.07, 6.45) is 8.60. The van der Waals surface area contributed by atoms with Crippen LogP contribution >= 0.6 is 0 Å². The van der Waals surface area contributed by atoms with Crippen LogP contribution in [0.15, 0.2) is 0 Å². The van der Waals surface area contributed by atoms with Gasteiger partial charge in [-0.1, -0.05) is 45.4 Å². The van der Waals surface area contributed by atoms with E-state index in [1.807, 2.05) is 13.8 Å². The molecule has 0 aliphatic heterocycles. The van der Waals surface area contributed by atoms with E-state index in [4.69, 9.17) is 4.74 Å². The molecule has 0 bridgehead atoms. The van der Waals surface area contributed by atoms with E-state index >= 15 is 0 Å². The van der Waals surface area contributed by atoms with E-state index < -0.39 is 0 Å². The van der Waals surface area contributed by atoms with Gasteiger partial charge in [-0.2, -0.15) is 0 Å². The maximum absolute atomic E-state index is 10.0. The molecule has 0 saturated heterocycles. The van der Waals surface area contributed by atoms with Crippen molar-refractivity contribution in [2.45, 2.75) is 72.6 Å². The van der Waals surface area contributed by atoms with E-state index in [0.29, 0.717) is 17.9 Å². The second kappa shape index (κ2) is 8.81. The molecule has 3 nitrogen and oxygen atoms in total. The molecule has 0 radical (unpaired) electrons. The predicted molar refractivity (Wildman–Crippen MR) is 87.5 cm³/mol. The average molecular weight is 294 g/mol. The number of ether oxygens (including phenoxy) is 1. The molecule has 0 aliphatic carbocycles. The molecule has 0 unspecified atom stereocenters. The fourth-order valence-electron chi connectivity index (χ4n) is 2.50. The van der Waals surface area contributed by atoms with Crippen molar-refractivity contribution in [3.8, 4) is 17.2 Å². The van der Waals surface area contributed by atoms with Crippen LogP contribution in [0.4, 0.5) is 0 Å². The Morgan fingerprint density at radius 2 is 1.29 bits per heavy atom. The molecular weight excluding hydrogens is 264 g/mol. The Bertz CT molecular complexity index is 423. The van der Waals surface area contributed by atoms with E-state index in [0.717, 1.165) is 24.0 Å². The topological polar surface area (TPSA) is 49.7 Å². The molecule has 0 aromatic heterocycles. The fraction of sp³-hybridized carbons (Fsp3) is 0.667. The molecule has 0 atom stereocenters. The highest BCUT2D eigenvalue weighted by Gasteiger charge is 2.17. The third kappa shape index (κ3) is 4.83. The van der Waals surface area contributed by atoms with Crippen LogP contribution in [0.2, 0.25) is 0 Å². The molecule has 0 fully saturated rings.